The fourth-order valence-corrected chi connectivity index (χ4v) is 1.25. The Morgan fingerprint density at radius 3 is 2.86 bits per heavy atom. The first-order valence-corrected chi connectivity index (χ1v) is 4.14. The standard InChI is InChI=1S/C10H8N2O2/c1-7-10(9(13)2-5-14-7)8-6-11-3-4-12-8/h2-6H,1H3. The highest BCUT2D eigenvalue weighted by molar-refractivity contribution is 5.59. The van der Waals surface area contributed by atoms with E-state index in [0.29, 0.717) is 17.0 Å². The van der Waals surface area contributed by atoms with Gasteiger partial charge in [0.05, 0.1) is 23.7 Å². The molecule has 0 radical (unpaired) electrons. The molecule has 2 aromatic heterocycles. The molecular formula is C10H8N2O2. The van der Waals surface area contributed by atoms with Crippen LogP contribution in [-0.4, -0.2) is 9.97 Å². The molecule has 0 spiro atoms. The summed E-state index contributed by atoms with van der Waals surface area (Å²) in [6.45, 7) is 1.73. The Labute approximate surface area is 80.3 Å². The summed E-state index contributed by atoms with van der Waals surface area (Å²) in [5, 5.41) is 0. The first kappa shape index (κ1) is 8.62. The van der Waals surface area contributed by atoms with Gasteiger partial charge in [-0.05, 0) is 6.92 Å². The largest absolute Gasteiger partial charge is 0.469 e. The third-order valence-electron chi connectivity index (χ3n) is 1.88. The highest BCUT2D eigenvalue weighted by Crippen LogP contribution is 2.14. The van der Waals surface area contributed by atoms with Crippen LogP contribution in [-0.2, 0) is 0 Å². The number of rotatable bonds is 1. The molecule has 4 nitrogen and oxygen atoms in total. The summed E-state index contributed by atoms with van der Waals surface area (Å²) in [4.78, 5) is 19.5. The molecule has 0 aliphatic carbocycles. The van der Waals surface area contributed by atoms with Gasteiger partial charge in [0.1, 0.15) is 5.76 Å². The Morgan fingerprint density at radius 2 is 2.21 bits per heavy atom. The van der Waals surface area contributed by atoms with Gasteiger partial charge >= 0.3 is 0 Å². The van der Waals surface area contributed by atoms with Gasteiger partial charge in [-0.15, -0.1) is 0 Å². The van der Waals surface area contributed by atoms with E-state index in [9.17, 15) is 4.79 Å². The highest BCUT2D eigenvalue weighted by atomic mass is 16.3. The van der Waals surface area contributed by atoms with Crippen LogP contribution in [0.5, 0.6) is 0 Å². The number of aromatic nitrogens is 2. The van der Waals surface area contributed by atoms with Crippen molar-refractivity contribution in [2.75, 3.05) is 0 Å². The van der Waals surface area contributed by atoms with Crippen molar-refractivity contribution in [1.29, 1.82) is 0 Å². The SMILES string of the molecule is Cc1occc(=O)c1-c1cnccn1. The van der Waals surface area contributed by atoms with Crippen molar-refractivity contribution in [3.8, 4) is 11.3 Å². The minimum Gasteiger partial charge on any atom is -0.469 e. The average Bonchev–Trinajstić information content (AvgIpc) is 2.19. The topological polar surface area (TPSA) is 56.0 Å². The third-order valence-corrected chi connectivity index (χ3v) is 1.88. The fourth-order valence-electron chi connectivity index (χ4n) is 1.25. The van der Waals surface area contributed by atoms with Crippen LogP contribution in [0.15, 0.2) is 40.1 Å². The molecule has 4 heteroatoms. The van der Waals surface area contributed by atoms with E-state index in [2.05, 4.69) is 9.97 Å². The molecule has 14 heavy (non-hydrogen) atoms. The van der Waals surface area contributed by atoms with E-state index >= 15 is 0 Å². The second-order valence-electron chi connectivity index (χ2n) is 2.81. The van der Waals surface area contributed by atoms with E-state index in [-0.39, 0.29) is 5.43 Å². The number of aryl methyl sites for hydroxylation is 1. The molecule has 0 N–H and O–H groups in total. The molecule has 2 rings (SSSR count). The third kappa shape index (κ3) is 1.42. The lowest BCUT2D eigenvalue weighted by molar-refractivity contribution is 0.517. The van der Waals surface area contributed by atoms with Crippen molar-refractivity contribution in [2.24, 2.45) is 0 Å². The molecule has 0 atom stereocenters. The molecule has 0 bridgehead atoms. The van der Waals surface area contributed by atoms with Crippen molar-refractivity contribution >= 4 is 0 Å². The fraction of sp³-hybridized carbons (Fsp3) is 0.100. The van der Waals surface area contributed by atoms with Crippen LogP contribution < -0.4 is 5.43 Å². The normalized spacial score (nSPS) is 10.1. The molecule has 0 aromatic carbocycles. The first-order valence-electron chi connectivity index (χ1n) is 4.14. The van der Waals surface area contributed by atoms with Crippen molar-refractivity contribution in [3.05, 3.63) is 46.9 Å². The Bertz CT molecular complexity index is 491. The summed E-state index contributed by atoms with van der Waals surface area (Å²) < 4.78 is 5.13. The molecule has 0 fully saturated rings. The van der Waals surface area contributed by atoms with Gasteiger partial charge in [0, 0.05) is 18.5 Å². The van der Waals surface area contributed by atoms with E-state index in [0.717, 1.165) is 0 Å². The zero-order chi connectivity index (χ0) is 9.97. The molecule has 0 unspecified atom stereocenters. The van der Waals surface area contributed by atoms with Crippen LogP contribution in [0.2, 0.25) is 0 Å². The number of hydrogen-bond donors (Lipinski definition) is 0. The molecule has 2 heterocycles. The zero-order valence-corrected chi connectivity index (χ0v) is 7.60. The molecule has 70 valence electrons. The first-order chi connectivity index (χ1) is 6.79. The lowest BCUT2D eigenvalue weighted by atomic mass is 10.1. The summed E-state index contributed by atoms with van der Waals surface area (Å²) in [6, 6.07) is 1.37. The van der Waals surface area contributed by atoms with Crippen LogP contribution in [0.3, 0.4) is 0 Å². The Balaban J connectivity index is 2.69. The van der Waals surface area contributed by atoms with Crippen molar-refractivity contribution in [2.45, 2.75) is 6.92 Å². The molecule has 0 saturated heterocycles. The Kier molecular flexibility index (Phi) is 2.10. The Morgan fingerprint density at radius 1 is 1.36 bits per heavy atom. The van der Waals surface area contributed by atoms with Crippen LogP contribution in [0, 0.1) is 6.92 Å². The van der Waals surface area contributed by atoms with Gasteiger partial charge in [-0.3, -0.25) is 14.8 Å². The summed E-state index contributed by atoms with van der Waals surface area (Å²) >= 11 is 0. The Hall–Kier alpha value is -1.97. The lowest BCUT2D eigenvalue weighted by Crippen LogP contribution is -2.05. The summed E-state index contributed by atoms with van der Waals surface area (Å²) in [5.41, 5.74) is 0.911. The molecule has 0 saturated carbocycles. The average molecular weight is 188 g/mol. The van der Waals surface area contributed by atoms with Gasteiger partial charge < -0.3 is 4.42 Å². The maximum Gasteiger partial charge on any atom is 0.194 e. The smallest absolute Gasteiger partial charge is 0.194 e. The van der Waals surface area contributed by atoms with Crippen molar-refractivity contribution in [1.82, 2.24) is 9.97 Å². The number of nitrogens with zero attached hydrogens (tertiary/aromatic N) is 2. The highest BCUT2D eigenvalue weighted by Gasteiger charge is 2.08. The maximum absolute atomic E-state index is 11.5. The van der Waals surface area contributed by atoms with Gasteiger partial charge in [0.2, 0.25) is 0 Å². The minimum atomic E-state index is -0.103. The van der Waals surface area contributed by atoms with E-state index in [1.54, 1.807) is 25.5 Å². The molecular weight excluding hydrogens is 180 g/mol. The summed E-state index contributed by atoms with van der Waals surface area (Å²) in [5.74, 6) is 0.554. The van der Waals surface area contributed by atoms with Gasteiger partial charge in [0.25, 0.3) is 0 Å². The summed E-state index contributed by atoms with van der Waals surface area (Å²) in [7, 11) is 0. The molecule has 0 aliphatic rings. The zero-order valence-electron chi connectivity index (χ0n) is 7.60. The van der Waals surface area contributed by atoms with Gasteiger partial charge in [-0.1, -0.05) is 0 Å². The van der Waals surface area contributed by atoms with Crippen LogP contribution in [0.25, 0.3) is 11.3 Å². The van der Waals surface area contributed by atoms with E-state index in [4.69, 9.17) is 4.42 Å². The van der Waals surface area contributed by atoms with Gasteiger partial charge in [-0.2, -0.15) is 0 Å². The maximum atomic E-state index is 11.5. The minimum absolute atomic E-state index is 0.103. The van der Waals surface area contributed by atoms with E-state index < -0.39 is 0 Å². The van der Waals surface area contributed by atoms with Gasteiger partial charge in [-0.25, -0.2) is 0 Å². The quantitative estimate of drug-likeness (QED) is 0.678. The second-order valence-corrected chi connectivity index (χ2v) is 2.81. The lowest BCUT2D eigenvalue weighted by Gasteiger charge is -2.00. The second kappa shape index (κ2) is 3.41. The van der Waals surface area contributed by atoms with E-state index in [1.165, 1.54) is 12.3 Å². The monoisotopic (exact) mass is 188 g/mol. The van der Waals surface area contributed by atoms with Gasteiger partial charge in [0.15, 0.2) is 5.43 Å². The van der Waals surface area contributed by atoms with Crippen molar-refractivity contribution in [3.63, 3.8) is 0 Å². The van der Waals surface area contributed by atoms with Crippen LogP contribution in [0.4, 0.5) is 0 Å². The van der Waals surface area contributed by atoms with Crippen LogP contribution >= 0.6 is 0 Å². The molecule has 0 aliphatic heterocycles. The predicted molar refractivity (Wildman–Crippen MR) is 50.7 cm³/mol. The molecule has 0 amide bonds. The van der Waals surface area contributed by atoms with Crippen molar-refractivity contribution < 1.29 is 4.42 Å². The molecule has 2 aromatic rings. The van der Waals surface area contributed by atoms with Crippen LogP contribution in [0.1, 0.15) is 5.76 Å². The van der Waals surface area contributed by atoms with E-state index in [1.807, 2.05) is 0 Å². The number of hydrogen-bond acceptors (Lipinski definition) is 4. The summed E-state index contributed by atoms with van der Waals surface area (Å²) in [6.07, 6.45) is 6.02. The predicted octanol–water partition coefficient (Wildman–Crippen LogP) is 1.41.